The second kappa shape index (κ2) is 19.6. The summed E-state index contributed by atoms with van der Waals surface area (Å²) in [4.78, 5) is 0. The Morgan fingerprint density at radius 3 is 0.722 bits per heavy atom. The van der Waals surface area contributed by atoms with E-state index < -0.39 is 134 Å². The topological polar surface area (TPSA) is 129 Å². The minimum absolute atomic E-state index is 1.03. The van der Waals surface area contributed by atoms with Crippen molar-refractivity contribution < 1.29 is 57.6 Å². The van der Waals surface area contributed by atoms with Crippen molar-refractivity contribution in [2.75, 3.05) is 0 Å². The molecule has 0 N–H and O–H groups in total. The Kier molecular flexibility index (Phi) is 19.8. The molecule has 0 bridgehead atoms. The SMILES string of the molecule is C[Si]1(C)O[SiH2]O[SiH2]O[SiH2]O[SiH2]O[SiH2]O[SiH2]O[SiH2]O[SiH2]O[SiH2]O[SiH2]O[Si](C)(C)O[Si](C)(C)O[Si](C)(C)O1. The van der Waals surface area contributed by atoms with Crippen LogP contribution in [0.15, 0.2) is 0 Å². The third-order valence-electron chi connectivity index (χ3n) is 3.79. The molecule has 1 saturated heterocycles. The van der Waals surface area contributed by atoms with Gasteiger partial charge >= 0.3 is 34.2 Å². The molecule has 0 unspecified atom stereocenters. The Morgan fingerprint density at radius 1 is 0.278 bits per heavy atom. The molecular formula is C8H44O14Si14. The quantitative estimate of drug-likeness (QED) is 0.217. The van der Waals surface area contributed by atoms with Crippen LogP contribution in [0.2, 0.25) is 52.4 Å². The highest BCUT2D eigenvalue weighted by Gasteiger charge is 2.44. The van der Waals surface area contributed by atoms with E-state index in [-0.39, 0.29) is 0 Å². The maximum atomic E-state index is 6.49. The average Bonchev–Trinajstić information content (AvgIpc) is 2.71. The molecule has 0 aromatic rings. The molecule has 0 amide bonds. The monoisotopic (exact) mass is 756 g/mol. The van der Waals surface area contributed by atoms with Gasteiger partial charge in [-0.1, -0.05) is 0 Å². The Morgan fingerprint density at radius 2 is 0.472 bits per heavy atom. The molecule has 1 fully saturated rings. The minimum atomic E-state index is -2.51. The molecule has 1 rings (SSSR count). The molecule has 14 nitrogen and oxygen atoms in total. The lowest BCUT2D eigenvalue weighted by Gasteiger charge is -2.40. The fourth-order valence-electron chi connectivity index (χ4n) is 3.02. The van der Waals surface area contributed by atoms with Crippen LogP contribution in [0.3, 0.4) is 0 Å². The largest absolute Gasteiger partial charge is 0.425 e. The van der Waals surface area contributed by atoms with Crippen LogP contribution < -0.4 is 0 Å². The zero-order valence-electron chi connectivity index (χ0n) is 22.8. The van der Waals surface area contributed by atoms with Gasteiger partial charge in [-0.25, -0.2) is 0 Å². The van der Waals surface area contributed by atoms with Gasteiger partial charge in [-0.05, 0) is 52.4 Å². The van der Waals surface area contributed by atoms with E-state index in [2.05, 4.69) is 0 Å². The molecule has 0 saturated carbocycles. The Balaban J connectivity index is 2.56. The first-order chi connectivity index (χ1) is 16.8. The minimum Gasteiger partial charge on any atom is -0.425 e. The number of rotatable bonds is 0. The van der Waals surface area contributed by atoms with Gasteiger partial charge in [0.15, 0.2) is 0 Å². The third kappa shape index (κ3) is 21.3. The van der Waals surface area contributed by atoms with E-state index in [1.165, 1.54) is 0 Å². The van der Waals surface area contributed by atoms with Gasteiger partial charge in [-0.2, -0.15) is 0 Å². The van der Waals surface area contributed by atoms with Crippen LogP contribution in [0, 0.1) is 0 Å². The lowest BCUT2D eigenvalue weighted by molar-refractivity contribution is 0.276. The molecule has 36 heavy (non-hydrogen) atoms. The summed E-state index contributed by atoms with van der Waals surface area (Å²) >= 11 is 0. The van der Waals surface area contributed by atoms with E-state index in [9.17, 15) is 0 Å². The zero-order chi connectivity index (χ0) is 27.0. The Bertz CT molecular complexity index is 530. The highest BCUT2D eigenvalue weighted by Crippen LogP contribution is 2.24. The van der Waals surface area contributed by atoms with Crippen LogP contribution >= 0.6 is 0 Å². The number of hydrogen-bond acceptors (Lipinski definition) is 14. The number of hydrogen-bond donors (Lipinski definition) is 0. The van der Waals surface area contributed by atoms with E-state index in [0.717, 1.165) is 0 Å². The lowest BCUT2D eigenvalue weighted by atomic mass is 11.9. The van der Waals surface area contributed by atoms with Crippen LogP contribution in [0.25, 0.3) is 0 Å². The third-order valence-corrected chi connectivity index (χ3v) is 34.1. The van der Waals surface area contributed by atoms with Gasteiger partial charge in [-0.15, -0.1) is 0 Å². The summed E-state index contributed by atoms with van der Waals surface area (Å²) in [6.07, 6.45) is 0. The van der Waals surface area contributed by atoms with Gasteiger partial charge in [0.25, 0.3) is 100 Å². The van der Waals surface area contributed by atoms with E-state index in [0.29, 0.717) is 0 Å². The summed E-state index contributed by atoms with van der Waals surface area (Å²) in [5, 5.41) is 0. The van der Waals surface area contributed by atoms with Crippen molar-refractivity contribution in [2.24, 2.45) is 0 Å². The van der Waals surface area contributed by atoms with Crippen LogP contribution in [-0.2, 0) is 57.6 Å². The summed E-state index contributed by atoms with van der Waals surface area (Å²) in [5.41, 5.74) is 0. The van der Waals surface area contributed by atoms with Crippen molar-refractivity contribution in [1.29, 1.82) is 0 Å². The van der Waals surface area contributed by atoms with Crippen molar-refractivity contribution in [2.45, 2.75) is 52.4 Å². The highest BCUT2D eigenvalue weighted by molar-refractivity contribution is 6.88. The van der Waals surface area contributed by atoms with Gasteiger partial charge in [0.05, 0.1) is 0 Å². The van der Waals surface area contributed by atoms with E-state index in [4.69, 9.17) is 57.6 Å². The molecule has 1 aliphatic heterocycles. The predicted molar refractivity (Wildman–Crippen MR) is 171 cm³/mol. The summed E-state index contributed by atoms with van der Waals surface area (Å²) in [6, 6.07) is 0. The molecule has 0 aromatic heterocycles. The molecule has 1 aliphatic rings. The van der Waals surface area contributed by atoms with Crippen LogP contribution in [0.1, 0.15) is 0 Å². The highest BCUT2D eigenvalue weighted by atomic mass is 28.5. The van der Waals surface area contributed by atoms with Crippen molar-refractivity contribution in [3.05, 3.63) is 0 Å². The maximum absolute atomic E-state index is 6.49. The maximum Gasteiger partial charge on any atom is 0.314 e. The van der Waals surface area contributed by atoms with E-state index in [1.54, 1.807) is 0 Å². The normalized spacial score (nSPS) is 34.0. The molecule has 1 heterocycles. The molecule has 28 heteroatoms. The van der Waals surface area contributed by atoms with Gasteiger partial charge in [0, 0.05) is 0 Å². The first-order valence-corrected chi connectivity index (χ1v) is 34.2. The van der Waals surface area contributed by atoms with Crippen molar-refractivity contribution in [3.63, 3.8) is 0 Å². The molecule has 0 aromatic carbocycles. The molecule has 0 radical (unpaired) electrons. The Labute approximate surface area is 243 Å². The fraction of sp³-hybridized carbons (Fsp3) is 1.00. The van der Waals surface area contributed by atoms with Crippen molar-refractivity contribution in [3.8, 4) is 0 Å². The lowest BCUT2D eigenvalue weighted by Crippen LogP contribution is -2.58. The average molecular weight is 758 g/mol. The predicted octanol–water partition coefficient (Wildman–Crippen LogP) is -6.97. The second-order valence-electron chi connectivity index (χ2n) is 9.21. The molecule has 216 valence electrons. The van der Waals surface area contributed by atoms with Crippen LogP contribution in [0.5, 0.6) is 0 Å². The van der Waals surface area contributed by atoms with Gasteiger partial charge in [0.2, 0.25) is 0 Å². The van der Waals surface area contributed by atoms with Crippen molar-refractivity contribution in [1.82, 2.24) is 0 Å². The van der Waals surface area contributed by atoms with Gasteiger partial charge in [-0.3, -0.25) is 0 Å². The van der Waals surface area contributed by atoms with E-state index in [1.807, 2.05) is 52.4 Å². The molecule has 0 spiro atoms. The van der Waals surface area contributed by atoms with Gasteiger partial charge < -0.3 is 57.6 Å². The second-order valence-corrected chi connectivity index (χ2v) is 42.2. The van der Waals surface area contributed by atoms with Gasteiger partial charge in [0.1, 0.15) is 0 Å². The summed E-state index contributed by atoms with van der Waals surface area (Å²) in [5.74, 6) is 0. The first-order valence-electron chi connectivity index (χ1n) is 11.4. The summed E-state index contributed by atoms with van der Waals surface area (Å²) < 4.78 is 81.7. The summed E-state index contributed by atoms with van der Waals surface area (Å²) in [6.45, 7) is 16.2. The van der Waals surface area contributed by atoms with Crippen molar-refractivity contribution >= 4 is 134 Å². The van der Waals surface area contributed by atoms with E-state index >= 15 is 0 Å². The fourth-order valence-corrected chi connectivity index (χ4v) is 39.0. The summed E-state index contributed by atoms with van der Waals surface area (Å²) in [7, 11) is -20.6. The zero-order valence-corrected chi connectivity index (χ0v) is 40.9. The standard InChI is InChI=1S/C8H44O14Si14/c1-33(2)18-31-16-29-14-27-12-25-10-23-9-24-11-26-13-28-15-30-17-32-19-34(3,4)21-36(7,8)22-35(5,6)20-33/h23-32H2,1-8H3. The van der Waals surface area contributed by atoms with Crippen LogP contribution in [-0.4, -0.2) is 134 Å². The molecule has 0 atom stereocenters. The Hall–Kier alpha value is 2.48. The first kappa shape index (κ1) is 36.5. The molecule has 0 aliphatic carbocycles. The smallest absolute Gasteiger partial charge is 0.314 e. The van der Waals surface area contributed by atoms with Crippen LogP contribution in [0.4, 0.5) is 0 Å². The molecular weight excluding hydrogens is 713 g/mol.